The molecule has 0 aliphatic carbocycles. The Morgan fingerprint density at radius 1 is 1.00 bits per heavy atom. The van der Waals surface area contributed by atoms with Crippen LogP contribution in [0.3, 0.4) is 0 Å². The number of hydrogen-bond donors (Lipinski definition) is 3. The van der Waals surface area contributed by atoms with E-state index in [0.29, 0.717) is 29.2 Å². The molecule has 4 aromatic carbocycles. The number of hydrogen-bond acceptors (Lipinski definition) is 6. The van der Waals surface area contributed by atoms with Crippen molar-refractivity contribution in [2.75, 3.05) is 17.3 Å². The van der Waals surface area contributed by atoms with Crippen molar-refractivity contribution >= 4 is 61.1 Å². The number of amides is 1. The minimum atomic E-state index is -3.80. The Labute approximate surface area is 225 Å². The molecule has 1 heterocycles. The van der Waals surface area contributed by atoms with E-state index < -0.39 is 10.0 Å². The molecule has 0 bridgehead atoms. The summed E-state index contributed by atoms with van der Waals surface area (Å²) < 4.78 is 28.3. The van der Waals surface area contributed by atoms with Gasteiger partial charge in [0.25, 0.3) is 5.91 Å². The molecule has 38 heavy (non-hydrogen) atoms. The summed E-state index contributed by atoms with van der Waals surface area (Å²) in [7, 11) is -2.24. The van der Waals surface area contributed by atoms with Crippen molar-refractivity contribution in [3.8, 4) is 5.75 Å². The molecule has 0 saturated carbocycles. The fourth-order valence-electron chi connectivity index (χ4n) is 4.20. The second-order valence-electron chi connectivity index (χ2n) is 8.55. The Hall–Kier alpha value is -4.32. The highest BCUT2D eigenvalue weighted by Crippen LogP contribution is 2.34. The normalized spacial score (nSPS) is 14.0. The molecule has 1 aliphatic heterocycles. The number of carbonyl (C=O) groups is 1. The first-order chi connectivity index (χ1) is 18.2. The van der Waals surface area contributed by atoms with Crippen LogP contribution in [-0.4, -0.2) is 32.3 Å². The van der Waals surface area contributed by atoms with Gasteiger partial charge in [0, 0.05) is 11.3 Å². The molecule has 1 aliphatic rings. The van der Waals surface area contributed by atoms with E-state index in [1.807, 2.05) is 42.5 Å². The van der Waals surface area contributed by atoms with Crippen LogP contribution in [0.4, 0.5) is 11.4 Å². The lowest BCUT2D eigenvalue weighted by molar-refractivity contribution is -0.112. The number of methoxy groups -OCH3 is 1. The van der Waals surface area contributed by atoms with Crippen LogP contribution < -0.4 is 25.5 Å². The highest BCUT2D eigenvalue weighted by molar-refractivity contribution is 7.89. The molecule has 0 spiro atoms. The minimum absolute atomic E-state index is 0.0178. The molecule has 4 N–H and O–H groups in total. The van der Waals surface area contributed by atoms with Crippen LogP contribution in [0.25, 0.3) is 10.8 Å². The predicted octanol–water partition coefficient (Wildman–Crippen LogP) is 3.73. The van der Waals surface area contributed by atoms with Gasteiger partial charge in [0.15, 0.2) is 10.8 Å². The average Bonchev–Trinajstić information content (AvgIpc) is 3.16. The zero-order valence-corrected chi connectivity index (χ0v) is 21.8. The summed E-state index contributed by atoms with van der Waals surface area (Å²) in [4.78, 5) is 15.2. The zero-order chi connectivity index (χ0) is 26.9. The number of hydrazone groups is 1. The van der Waals surface area contributed by atoms with Gasteiger partial charge >= 0.3 is 0 Å². The molecule has 5 rings (SSSR count). The van der Waals surface area contributed by atoms with Gasteiger partial charge in [0.05, 0.1) is 24.2 Å². The topological polar surface area (TPSA) is 126 Å². The molecule has 9 nitrogen and oxygen atoms in total. The van der Waals surface area contributed by atoms with E-state index in [9.17, 15) is 13.2 Å². The Kier molecular flexibility index (Phi) is 6.81. The van der Waals surface area contributed by atoms with E-state index in [1.165, 1.54) is 24.3 Å². The summed E-state index contributed by atoms with van der Waals surface area (Å²) in [5.41, 5.74) is 5.73. The molecule has 0 radical (unpaired) electrons. The first kappa shape index (κ1) is 25.3. The highest BCUT2D eigenvalue weighted by atomic mass is 32.2. The van der Waals surface area contributed by atoms with Gasteiger partial charge < -0.3 is 15.0 Å². The van der Waals surface area contributed by atoms with Crippen LogP contribution in [0.5, 0.6) is 5.75 Å². The molecule has 0 saturated heterocycles. The van der Waals surface area contributed by atoms with Crippen LogP contribution in [0.1, 0.15) is 11.1 Å². The number of anilines is 2. The Balaban J connectivity index is 1.38. The van der Waals surface area contributed by atoms with Crippen LogP contribution >= 0.6 is 12.2 Å². The van der Waals surface area contributed by atoms with Gasteiger partial charge in [-0.3, -0.25) is 10.2 Å². The summed E-state index contributed by atoms with van der Waals surface area (Å²) >= 11 is 5.32. The largest absolute Gasteiger partial charge is 0.497 e. The van der Waals surface area contributed by atoms with Crippen LogP contribution in [0.15, 0.2) is 94.9 Å². The van der Waals surface area contributed by atoms with E-state index in [1.54, 1.807) is 24.1 Å². The number of sulfonamides is 1. The molecule has 0 fully saturated rings. The van der Waals surface area contributed by atoms with Crippen molar-refractivity contribution in [1.82, 2.24) is 5.43 Å². The third-order valence-corrected chi connectivity index (χ3v) is 7.18. The van der Waals surface area contributed by atoms with Crippen LogP contribution in [0, 0.1) is 0 Å². The van der Waals surface area contributed by atoms with Gasteiger partial charge in [-0.2, -0.15) is 5.10 Å². The number of carbonyl (C=O) groups excluding carboxylic acids is 1. The minimum Gasteiger partial charge on any atom is -0.497 e. The molecule has 1 amide bonds. The fraction of sp³-hybridized carbons (Fsp3) is 0.0741. The van der Waals surface area contributed by atoms with Crippen molar-refractivity contribution in [2.45, 2.75) is 11.4 Å². The first-order valence-corrected chi connectivity index (χ1v) is 13.4. The molecule has 4 aromatic rings. The quantitative estimate of drug-likeness (QED) is 0.249. The third kappa shape index (κ3) is 5.21. The Bertz CT molecular complexity index is 1700. The fourth-order valence-corrected chi connectivity index (χ4v) is 4.88. The van der Waals surface area contributed by atoms with E-state index in [2.05, 4.69) is 21.9 Å². The van der Waals surface area contributed by atoms with Crippen molar-refractivity contribution in [1.29, 1.82) is 0 Å². The van der Waals surface area contributed by atoms with Crippen molar-refractivity contribution < 1.29 is 17.9 Å². The van der Waals surface area contributed by atoms with E-state index in [4.69, 9.17) is 22.1 Å². The highest BCUT2D eigenvalue weighted by Gasteiger charge is 2.34. The van der Waals surface area contributed by atoms with Crippen LogP contribution in [-0.2, 0) is 21.4 Å². The van der Waals surface area contributed by atoms with Gasteiger partial charge in [0.2, 0.25) is 10.0 Å². The van der Waals surface area contributed by atoms with E-state index in [0.717, 1.165) is 16.3 Å². The number of nitrogens with zero attached hydrogens (tertiary/aromatic N) is 2. The standard InChI is InChI=1S/C27H23N5O4S2/c1-36-21-10-13-24-23(15-21)25(30-31-27(37)29-20-8-11-22(12-9-20)38(28,34)35)26(33)32(24)16-17-6-7-18-4-2-3-5-19(18)14-17/h2-15H,16H2,1H3,(H2,28,34,35)(H2,29,31,37). The smallest absolute Gasteiger partial charge is 0.279 e. The van der Waals surface area contributed by atoms with Gasteiger partial charge in [-0.25, -0.2) is 13.6 Å². The number of fused-ring (bicyclic) bond motifs is 2. The lowest BCUT2D eigenvalue weighted by Crippen LogP contribution is -2.32. The van der Waals surface area contributed by atoms with Crippen molar-refractivity contribution in [2.24, 2.45) is 10.2 Å². The summed E-state index contributed by atoms with van der Waals surface area (Å²) in [5, 5.41) is 14.7. The number of thiocarbonyl (C=S) groups is 1. The Morgan fingerprint density at radius 2 is 1.74 bits per heavy atom. The van der Waals surface area contributed by atoms with Gasteiger partial charge in [-0.15, -0.1) is 0 Å². The number of rotatable bonds is 6. The number of nitrogens with two attached hydrogens (primary N) is 1. The lowest BCUT2D eigenvalue weighted by Gasteiger charge is -2.17. The molecule has 0 unspecified atom stereocenters. The maximum Gasteiger partial charge on any atom is 0.279 e. The molecule has 0 aromatic heterocycles. The summed E-state index contributed by atoms with van der Waals surface area (Å²) in [6.45, 7) is 0.362. The summed E-state index contributed by atoms with van der Waals surface area (Å²) in [5.74, 6) is 0.307. The maximum absolute atomic E-state index is 13.5. The second kappa shape index (κ2) is 10.2. The first-order valence-electron chi connectivity index (χ1n) is 11.5. The van der Waals surface area contributed by atoms with Crippen molar-refractivity contribution in [3.05, 3.63) is 96.1 Å². The Morgan fingerprint density at radius 3 is 2.45 bits per heavy atom. The number of primary sulfonamides is 1. The van der Waals surface area contributed by atoms with E-state index in [-0.39, 0.29) is 21.6 Å². The zero-order valence-electron chi connectivity index (χ0n) is 20.2. The van der Waals surface area contributed by atoms with Gasteiger partial charge in [-0.05, 0) is 77.1 Å². The number of ether oxygens (including phenoxy) is 1. The average molecular weight is 546 g/mol. The monoisotopic (exact) mass is 545 g/mol. The van der Waals surface area contributed by atoms with Crippen molar-refractivity contribution in [3.63, 3.8) is 0 Å². The summed E-state index contributed by atoms with van der Waals surface area (Å²) in [6.07, 6.45) is 0. The number of nitrogens with one attached hydrogen (secondary N) is 2. The molecule has 192 valence electrons. The lowest BCUT2D eigenvalue weighted by atomic mass is 10.1. The molecule has 11 heteroatoms. The number of benzene rings is 4. The van der Waals surface area contributed by atoms with Gasteiger partial charge in [0.1, 0.15) is 5.75 Å². The van der Waals surface area contributed by atoms with Crippen LogP contribution in [0.2, 0.25) is 0 Å². The SMILES string of the molecule is COc1ccc2c(c1)C(=NNC(=S)Nc1ccc(S(N)(=O)=O)cc1)C(=O)N2Cc1ccc2ccccc2c1. The van der Waals surface area contributed by atoms with Gasteiger partial charge in [-0.1, -0.05) is 36.4 Å². The third-order valence-electron chi connectivity index (χ3n) is 6.06. The predicted molar refractivity (Wildman–Crippen MR) is 152 cm³/mol. The summed E-state index contributed by atoms with van der Waals surface area (Å²) in [6, 6.07) is 25.3. The van der Waals surface area contributed by atoms with E-state index >= 15 is 0 Å². The molecular formula is C27H23N5O4S2. The maximum atomic E-state index is 13.5. The molecular weight excluding hydrogens is 522 g/mol. The second-order valence-corrected chi connectivity index (χ2v) is 10.5. The molecule has 0 atom stereocenters.